The van der Waals surface area contributed by atoms with Crippen molar-refractivity contribution in [2.45, 2.75) is 75.0 Å². The van der Waals surface area contributed by atoms with Crippen molar-refractivity contribution in [2.24, 2.45) is 0 Å². The van der Waals surface area contributed by atoms with Gasteiger partial charge in [0.2, 0.25) is 0 Å². The average molecular weight is 667 g/mol. The minimum atomic E-state index is 0.118. The monoisotopic (exact) mass is 666 g/mol. The van der Waals surface area contributed by atoms with E-state index in [1.807, 2.05) is 0 Å². The predicted octanol–water partition coefficient (Wildman–Crippen LogP) is 14.4. The van der Waals surface area contributed by atoms with Crippen LogP contribution in [0.4, 0.5) is 0 Å². The Morgan fingerprint density at radius 3 is 1.54 bits per heavy atom. The summed E-state index contributed by atoms with van der Waals surface area (Å²) in [4.78, 5) is 0. The van der Waals surface area contributed by atoms with Gasteiger partial charge in [-0.15, -0.1) is 0 Å². The van der Waals surface area contributed by atoms with E-state index in [0.29, 0.717) is 0 Å². The Balaban J connectivity index is 0.973. The second-order valence-electron chi connectivity index (χ2n) is 16.6. The van der Waals surface area contributed by atoms with Crippen LogP contribution in [0.5, 0.6) is 0 Å². The average Bonchev–Trinajstić information content (AvgIpc) is 3.62. The Labute approximate surface area is 306 Å². The predicted molar refractivity (Wildman–Crippen MR) is 220 cm³/mol. The Morgan fingerprint density at radius 2 is 0.827 bits per heavy atom. The van der Waals surface area contributed by atoms with Crippen LogP contribution in [-0.4, -0.2) is 0 Å². The largest absolute Gasteiger partial charge is 0.0619 e. The molecule has 0 heteroatoms. The van der Waals surface area contributed by atoms with E-state index >= 15 is 0 Å². The zero-order valence-corrected chi connectivity index (χ0v) is 29.8. The normalized spacial score (nSPS) is 17.9. The lowest BCUT2D eigenvalue weighted by atomic mass is 9.66. The number of hydrogen-bond donors (Lipinski definition) is 0. The van der Waals surface area contributed by atoms with E-state index in [1.165, 1.54) is 141 Å². The van der Waals surface area contributed by atoms with Crippen LogP contribution in [0.3, 0.4) is 0 Å². The first-order chi connectivity index (χ1) is 25.7. The lowest BCUT2D eigenvalue weighted by Gasteiger charge is -2.37. The van der Waals surface area contributed by atoms with Crippen LogP contribution < -0.4 is 0 Å². The highest BCUT2D eigenvalue weighted by Crippen LogP contribution is 2.62. The lowest BCUT2D eigenvalue weighted by molar-refractivity contribution is 0.350. The third kappa shape index (κ3) is 3.83. The van der Waals surface area contributed by atoms with Crippen molar-refractivity contribution in [1.29, 1.82) is 0 Å². The molecule has 250 valence electrons. The second-order valence-corrected chi connectivity index (χ2v) is 16.6. The minimum Gasteiger partial charge on any atom is -0.0619 e. The van der Waals surface area contributed by atoms with E-state index in [0.717, 1.165) is 0 Å². The summed E-state index contributed by atoms with van der Waals surface area (Å²) in [5.41, 5.74) is 18.1. The van der Waals surface area contributed by atoms with E-state index in [9.17, 15) is 0 Å². The van der Waals surface area contributed by atoms with E-state index in [4.69, 9.17) is 0 Å². The molecule has 0 atom stereocenters. The molecule has 0 radical (unpaired) electrons. The molecule has 4 aliphatic rings. The summed E-state index contributed by atoms with van der Waals surface area (Å²) in [5.74, 6) is 0. The van der Waals surface area contributed by atoms with Gasteiger partial charge < -0.3 is 0 Å². The third-order valence-electron chi connectivity index (χ3n) is 14.2. The smallest absolute Gasteiger partial charge is 0.0215 e. The SMILES string of the molecule is c1ccc2c(c1)-c1cc3c(cc1C21CCCCC1)-c1ccc(-c2ccc(-c4ccc5ccc6cccc7ccc4c5c67)cc2)cc1C31CCCCC1. The molecule has 0 aromatic heterocycles. The van der Waals surface area contributed by atoms with Crippen molar-refractivity contribution < 1.29 is 0 Å². The van der Waals surface area contributed by atoms with E-state index in [1.54, 1.807) is 22.3 Å². The summed E-state index contributed by atoms with van der Waals surface area (Å²) in [6.07, 6.45) is 13.1. The molecule has 0 nitrogen and oxygen atoms in total. The minimum absolute atomic E-state index is 0.118. The van der Waals surface area contributed by atoms with E-state index < -0.39 is 0 Å². The molecule has 0 saturated heterocycles. The maximum absolute atomic E-state index is 2.70. The van der Waals surface area contributed by atoms with Crippen LogP contribution in [0.15, 0.2) is 133 Å². The van der Waals surface area contributed by atoms with Crippen molar-refractivity contribution >= 4 is 32.3 Å². The summed E-state index contributed by atoms with van der Waals surface area (Å²) in [6, 6.07) is 52.2. The summed E-state index contributed by atoms with van der Waals surface area (Å²) in [7, 11) is 0. The van der Waals surface area contributed by atoms with Gasteiger partial charge in [0, 0.05) is 10.8 Å². The molecule has 0 N–H and O–H groups in total. The first-order valence-electron chi connectivity index (χ1n) is 19.9. The summed E-state index contributed by atoms with van der Waals surface area (Å²) in [6.45, 7) is 0. The quantitative estimate of drug-likeness (QED) is 0.161. The summed E-state index contributed by atoms with van der Waals surface area (Å²) < 4.78 is 0. The maximum atomic E-state index is 2.70. The molecule has 2 spiro atoms. The molecule has 0 aliphatic heterocycles. The van der Waals surface area contributed by atoms with Crippen LogP contribution in [0.2, 0.25) is 0 Å². The third-order valence-corrected chi connectivity index (χ3v) is 14.2. The Kier molecular flexibility index (Phi) is 6.03. The molecule has 52 heavy (non-hydrogen) atoms. The van der Waals surface area contributed by atoms with Crippen molar-refractivity contribution in [3.8, 4) is 44.5 Å². The van der Waals surface area contributed by atoms with Crippen molar-refractivity contribution in [3.63, 3.8) is 0 Å². The van der Waals surface area contributed by atoms with Gasteiger partial charge in [-0.3, -0.25) is 0 Å². The van der Waals surface area contributed by atoms with Crippen molar-refractivity contribution in [3.05, 3.63) is 156 Å². The number of fused-ring (bicyclic) bond motifs is 10. The van der Waals surface area contributed by atoms with Crippen LogP contribution in [-0.2, 0) is 10.8 Å². The molecule has 0 heterocycles. The summed E-state index contributed by atoms with van der Waals surface area (Å²) in [5, 5.41) is 8.07. The highest BCUT2D eigenvalue weighted by Gasteiger charge is 2.48. The zero-order chi connectivity index (χ0) is 34.0. The maximum Gasteiger partial charge on any atom is 0.0215 e. The van der Waals surface area contributed by atoms with Gasteiger partial charge in [0.1, 0.15) is 0 Å². The molecule has 2 fully saturated rings. The zero-order valence-electron chi connectivity index (χ0n) is 29.8. The van der Waals surface area contributed by atoms with Gasteiger partial charge >= 0.3 is 0 Å². The molecule has 8 aromatic carbocycles. The fraction of sp³-hybridized carbons (Fsp3) is 0.231. The molecule has 0 unspecified atom stereocenters. The van der Waals surface area contributed by atoms with Gasteiger partial charge in [-0.25, -0.2) is 0 Å². The van der Waals surface area contributed by atoms with Crippen LogP contribution in [0.1, 0.15) is 86.5 Å². The Bertz CT molecular complexity index is 2710. The Hall–Kier alpha value is -5.20. The van der Waals surface area contributed by atoms with E-state index in [2.05, 4.69) is 133 Å². The van der Waals surface area contributed by atoms with Crippen molar-refractivity contribution in [2.75, 3.05) is 0 Å². The molecular weight excluding hydrogens is 625 g/mol. The highest BCUT2D eigenvalue weighted by molar-refractivity contribution is 6.25. The fourth-order valence-electron chi connectivity index (χ4n) is 11.8. The molecule has 4 aliphatic carbocycles. The number of rotatable bonds is 2. The van der Waals surface area contributed by atoms with Crippen LogP contribution in [0.25, 0.3) is 76.8 Å². The van der Waals surface area contributed by atoms with E-state index in [-0.39, 0.29) is 10.8 Å². The number of benzene rings is 8. The first kappa shape index (κ1) is 29.4. The standard InChI is InChI=1S/C52H42/c1-5-26-51(27-6-1)45-13-4-3-12-40(45)43-31-48-44(32-47(43)51)41-24-22-38(30-46(41)52(48)28-7-2-8-29-52)33-14-16-34(17-15-33)39-23-20-37-19-18-35-10-9-11-36-21-25-42(39)50(37)49(35)36/h3-4,9-25,30-32H,1-2,5-8,26-29H2. The Morgan fingerprint density at radius 1 is 0.308 bits per heavy atom. The topological polar surface area (TPSA) is 0 Å². The van der Waals surface area contributed by atoms with Gasteiger partial charge in [0.05, 0.1) is 0 Å². The fourth-order valence-corrected chi connectivity index (χ4v) is 11.8. The second kappa shape index (κ2) is 10.7. The lowest BCUT2D eigenvalue weighted by Crippen LogP contribution is -2.29. The molecule has 2 saturated carbocycles. The molecule has 0 amide bonds. The van der Waals surface area contributed by atoms with Crippen LogP contribution in [0, 0.1) is 0 Å². The van der Waals surface area contributed by atoms with Gasteiger partial charge in [0.25, 0.3) is 0 Å². The number of hydrogen-bond acceptors (Lipinski definition) is 0. The van der Waals surface area contributed by atoms with Crippen molar-refractivity contribution in [1.82, 2.24) is 0 Å². The highest BCUT2D eigenvalue weighted by atomic mass is 14.5. The summed E-state index contributed by atoms with van der Waals surface area (Å²) >= 11 is 0. The molecular formula is C52H42. The van der Waals surface area contributed by atoms with Gasteiger partial charge in [0.15, 0.2) is 0 Å². The van der Waals surface area contributed by atoms with Gasteiger partial charge in [-0.05, 0) is 143 Å². The van der Waals surface area contributed by atoms with Gasteiger partial charge in [-0.2, -0.15) is 0 Å². The molecule has 0 bridgehead atoms. The first-order valence-corrected chi connectivity index (χ1v) is 19.9. The van der Waals surface area contributed by atoms with Crippen LogP contribution >= 0.6 is 0 Å². The van der Waals surface area contributed by atoms with Gasteiger partial charge in [-0.1, -0.05) is 154 Å². The molecule has 12 rings (SSSR count). The molecule has 8 aromatic rings.